The number of aryl methyl sites for hydroxylation is 2. The van der Waals surface area contributed by atoms with E-state index in [2.05, 4.69) is 30.3 Å². The lowest BCUT2D eigenvalue weighted by molar-refractivity contribution is -0.124. The molecule has 0 bridgehead atoms. The third-order valence-corrected chi connectivity index (χ3v) is 2.69. The van der Waals surface area contributed by atoms with E-state index >= 15 is 0 Å². The summed E-state index contributed by atoms with van der Waals surface area (Å²) in [5.41, 5.74) is 2.17. The number of likely N-dealkylation sites (N-methyl/N-ethyl adjacent to an activating group) is 1. The first-order valence-electron chi connectivity index (χ1n) is 5.98. The summed E-state index contributed by atoms with van der Waals surface area (Å²) in [5, 5.41) is 7.28. The molecule has 1 unspecified atom stereocenters. The zero-order chi connectivity index (χ0) is 12.1. The van der Waals surface area contributed by atoms with Gasteiger partial charge in [0.1, 0.15) is 6.04 Å². The lowest BCUT2D eigenvalue weighted by Gasteiger charge is -2.14. The van der Waals surface area contributed by atoms with E-state index in [0.29, 0.717) is 6.54 Å². The average molecular weight is 223 g/mol. The smallest absolute Gasteiger partial charge is 0.244 e. The maximum Gasteiger partial charge on any atom is 0.244 e. The fraction of sp³-hybridized carbons (Fsp3) is 0.667. The van der Waals surface area contributed by atoms with Gasteiger partial charge in [-0.2, -0.15) is 5.10 Å². The van der Waals surface area contributed by atoms with Gasteiger partial charge in [-0.1, -0.05) is 13.8 Å². The van der Waals surface area contributed by atoms with E-state index in [4.69, 9.17) is 0 Å². The van der Waals surface area contributed by atoms with Crippen molar-refractivity contribution in [1.82, 2.24) is 15.1 Å². The number of hydrogen-bond acceptors (Lipinski definition) is 2. The van der Waals surface area contributed by atoms with Crippen molar-refractivity contribution >= 4 is 5.91 Å². The van der Waals surface area contributed by atoms with E-state index in [9.17, 15) is 4.79 Å². The van der Waals surface area contributed by atoms with E-state index < -0.39 is 0 Å². The van der Waals surface area contributed by atoms with E-state index in [1.165, 1.54) is 0 Å². The predicted octanol–water partition coefficient (Wildman–Crippen LogP) is 1.70. The Balaban J connectivity index is 2.92. The molecule has 1 atom stereocenters. The van der Waals surface area contributed by atoms with Crippen molar-refractivity contribution < 1.29 is 4.79 Å². The van der Waals surface area contributed by atoms with Crippen LogP contribution in [0.4, 0.5) is 0 Å². The van der Waals surface area contributed by atoms with Crippen LogP contribution in [0.3, 0.4) is 0 Å². The summed E-state index contributed by atoms with van der Waals surface area (Å²) in [6, 6.07) is 1.85. The molecule has 0 saturated carbocycles. The molecule has 0 aromatic carbocycles. The molecule has 0 aliphatic rings. The highest BCUT2D eigenvalue weighted by molar-refractivity contribution is 5.79. The fourth-order valence-corrected chi connectivity index (χ4v) is 1.70. The Morgan fingerprint density at radius 3 is 2.62 bits per heavy atom. The molecule has 0 saturated heterocycles. The monoisotopic (exact) mass is 223 g/mol. The summed E-state index contributed by atoms with van der Waals surface area (Å²) < 4.78 is 1.84. The van der Waals surface area contributed by atoms with Crippen molar-refractivity contribution in [2.45, 2.75) is 46.6 Å². The molecule has 0 spiro atoms. The van der Waals surface area contributed by atoms with Crippen LogP contribution in [0.15, 0.2) is 6.07 Å². The summed E-state index contributed by atoms with van der Waals surface area (Å²) in [5.74, 6) is 0.0305. The van der Waals surface area contributed by atoms with Gasteiger partial charge in [0.25, 0.3) is 0 Å². The van der Waals surface area contributed by atoms with Crippen LogP contribution in [0.1, 0.15) is 45.1 Å². The largest absolute Gasteiger partial charge is 0.355 e. The van der Waals surface area contributed by atoms with Gasteiger partial charge in [-0.15, -0.1) is 0 Å². The quantitative estimate of drug-likeness (QED) is 0.826. The van der Waals surface area contributed by atoms with Crippen LogP contribution in [0.5, 0.6) is 0 Å². The first kappa shape index (κ1) is 12.7. The minimum Gasteiger partial charge on any atom is -0.355 e. The maximum absolute atomic E-state index is 11.7. The Morgan fingerprint density at radius 1 is 1.44 bits per heavy atom. The highest BCUT2D eigenvalue weighted by atomic mass is 16.2. The summed E-state index contributed by atoms with van der Waals surface area (Å²) in [6.07, 6.45) is 1.80. The van der Waals surface area contributed by atoms with Crippen LogP contribution in [-0.4, -0.2) is 22.2 Å². The fourth-order valence-electron chi connectivity index (χ4n) is 1.70. The summed E-state index contributed by atoms with van der Waals surface area (Å²) in [4.78, 5) is 11.7. The van der Waals surface area contributed by atoms with Crippen molar-refractivity contribution in [3.63, 3.8) is 0 Å². The lowest BCUT2D eigenvalue weighted by Crippen LogP contribution is -2.32. The molecule has 1 aromatic rings. The second-order valence-electron chi connectivity index (χ2n) is 3.85. The number of carbonyl (C=O) groups is 1. The zero-order valence-electron chi connectivity index (χ0n) is 10.6. The number of hydrogen-bond donors (Lipinski definition) is 1. The minimum atomic E-state index is -0.227. The van der Waals surface area contributed by atoms with Gasteiger partial charge in [-0.3, -0.25) is 9.48 Å². The number of nitrogens with one attached hydrogen (secondary N) is 1. The molecule has 0 aliphatic heterocycles. The highest BCUT2D eigenvalue weighted by Crippen LogP contribution is 2.13. The van der Waals surface area contributed by atoms with Crippen molar-refractivity contribution in [2.24, 2.45) is 0 Å². The number of carbonyl (C=O) groups excluding carboxylic acids is 1. The third kappa shape index (κ3) is 2.62. The zero-order valence-corrected chi connectivity index (χ0v) is 10.6. The molecule has 0 aliphatic carbocycles. The SMILES string of the molecule is CCNC(=O)C(C)n1nc(CC)cc1CC. The maximum atomic E-state index is 11.7. The molecule has 4 nitrogen and oxygen atoms in total. The van der Waals surface area contributed by atoms with Crippen LogP contribution in [0.2, 0.25) is 0 Å². The van der Waals surface area contributed by atoms with Gasteiger partial charge in [0.05, 0.1) is 5.69 Å². The van der Waals surface area contributed by atoms with Gasteiger partial charge in [0.15, 0.2) is 0 Å². The molecule has 1 N–H and O–H groups in total. The molecule has 1 rings (SSSR count). The normalized spacial score (nSPS) is 12.5. The lowest BCUT2D eigenvalue weighted by atomic mass is 10.2. The van der Waals surface area contributed by atoms with Crippen molar-refractivity contribution in [3.05, 3.63) is 17.5 Å². The number of aromatic nitrogens is 2. The van der Waals surface area contributed by atoms with Gasteiger partial charge in [-0.25, -0.2) is 0 Å². The van der Waals surface area contributed by atoms with Crippen molar-refractivity contribution in [1.29, 1.82) is 0 Å². The predicted molar refractivity (Wildman–Crippen MR) is 64.4 cm³/mol. The third-order valence-electron chi connectivity index (χ3n) is 2.69. The second-order valence-corrected chi connectivity index (χ2v) is 3.85. The molecular weight excluding hydrogens is 202 g/mol. The van der Waals surface area contributed by atoms with Gasteiger partial charge in [0.2, 0.25) is 5.91 Å². The molecule has 0 fully saturated rings. The van der Waals surface area contributed by atoms with E-state index in [1.54, 1.807) is 0 Å². The van der Waals surface area contributed by atoms with Crippen molar-refractivity contribution in [3.8, 4) is 0 Å². The molecule has 1 amide bonds. The Hall–Kier alpha value is -1.32. The highest BCUT2D eigenvalue weighted by Gasteiger charge is 2.18. The standard InChI is InChI=1S/C12H21N3O/c1-5-10-8-11(6-2)15(14-10)9(4)12(16)13-7-3/h8-9H,5-7H2,1-4H3,(H,13,16). The molecule has 0 radical (unpaired) electrons. The van der Waals surface area contributed by atoms with Crippen LogP contribution >= 0.6 is 0 Å². The van der Waals surface area contributed by atoms with Crippen LogP contribution in [0, 0.1) is 0 Å². The van der Waals surface area contributed by atoms with Gasteiger partial charge in [-0.05, 0) is 32.8 Å². The molecule has 16 heavy (non-hydrogen) atoms. The Bertz CT molecular complexity index is 357. The Kier molecular flexibility index (Phi) is 4.52. The number of nitrogens with zero attached hydrogens (tertiary/aromatic N) is 2. The minimum absolute atomic E-state index is 0.0305. The van der Waals surface area contributed by atoms with Crippen molar-refractivity contribution in [2.75, 3.05) is 6.54 Å². The summed E-state index contributed by atoms with van der Waals surface area (Å²) in [6.45, 7) is 8.62. The first-order chi connectivity index (χ1) is 7.63. The Morgan fingerprint density at radius 2 is 2.12 bits per heavy atom. The molecule has 90 valence electrons. The second kappa shape index (κ2) is 5.68. The topological polar surface area (TPSA) is 46.9 Å². The van der Waals surface area contributed by atoms with E-state index in [0.717, 1.165) is 24.2 Å². The Labute approximate surface area is 97.0 Å². The number of rotatable bonds is 5. The number of amides is 1. The summed E-state index contributed by atoms with van der Waals surface area (Å²) in [7, 11) is 0. The van der Waals surface area contributed by atoms with E-state index in [1.807, 2.05) is 18.5 Å². The molecule has 1 aromatic heterocycles. The molecular formula is C12H21N3O. The summed E-state index contributed by atoms with van der Waals surface area (Å²) >= 11 is 0. The van der Waals surface area contributed by atoms with Crippen LogP contribution < -0.4 is 5.32 Å². The van der Waals surface area contributed by atoms with Gasteiger partial charge >= 0.3 is 0 Å². The van der Waals surface area contributed by atoms with Crippen LogP contribution in [-0.2, 0) is 17.6 Å². The van der Waals surface area contributed by atoms with Crippen LogP contribution in [0.25, 0.3) is 0 Å². The average Bonchev–Trinajstić information content (AvgIpc) is 2.71. The molecule has 4 heteroatoms. The van der Waals surface area contributed by atoms with Gasteiger partial charge < -0.3 is 5.32 Å². The molecule has 1 heterocycles. The first-order valence-corrected chi connectivity index (χ1v) is 5.98. The van der Waals surface area contributed by atoms with Gasteiger partial charge in [0, 0.05) is 12.2 Å². The van der Waals surface area contributed by atoms with E-state index in [-0.39, 0.29) is 11.9 Å².